The van der Waals surface area contributed by atoms with Gasteiger partial charge < -0.3 is 39.8 Å². The average Bonchev–Trinajstić information content (AvgIpc) is 3.14. The standard InChI is InChI=1S/C12H13O4.C5H5.Fe/c1-8(2)11(13)15-9(3)16-12(14)10-6-4-5-7-10;1-2-4-5-3-1;/h4-7,9H,1H2,2-3H3;1-5H;/q-1;-5;. The molecule has 22 heavy (non-hydrogen) atoms. The first kappa shape index (κ1) is 19.9. The molecule has 0 saturated heterocycles. The molecule has 0 N–H and O–H groups in total. The Morgan fingerprint density at radius 2 is 1.50 bits per heavy atom. The number of hydrogen-bond donors (Lipinski definition) is 0. The van der Waals surface area contributed by atoms with Crippen molar-refractivity contribution in [1.82, 2.24) is 0 Å². The van der Waals surface area contributed by atoms with Gasteiger partial charge in [0, 0.05) is 29.6 Å². The molecule has 0 fully saturated rings. The van der Waals surface area contributed by atoms with Gasteiger partial charge in [-0.1, -0.05) is 12.1 Å². The van der Waals surface area contributed by atoms with Gasteiger partial charge in [-0.25, -0.2) is 16.9 Å². The Hall–Kier alpha value is -2.10. The van der Waals surface area contributed by atoms with Gasteiger partial charge in [-0.05, 0) is 6.92 Å². The van der Waals surface area contributed by atoms with Crippen LogP contribution in [-0.2, 0) is 31.3 Å². The summed E-state index contributed by atoms with van der Waals surface area (Å²) in [6, 6.07) is 16.7. The summed E-state index contributed by atoms with van der Waals surface area (Å²) in [5.74, 6) is -1.10. The maximum Gasteiger partial charge on any atom is 0.336 e. The fourth-order valence-electron chi connectivity index (χ4n) is 1.32. The van der Waals surface area contributed by atoms with E-state index in [1.807, 2.05) is 30.3 Å². The van der Waals surface area contributed by atoms with E-state index in [2.05, 4.69) is 6.58 Å². The summed E-state index contributed by atoms with van der Waals surface area (Å²) < 4.78 is 9.69. The van der Waals surface area contributed by atoms with Gasteiger partial charge in [0.1, 0.15) is 0 Å². The van der Waals surface area contributed by atoms with E-state index in [1.54, 1.807) is 24.3 Å². The minimum Gasteiger partial charge on any atom is -0.748 e. The SMILES string of the molecule is C=C(C)C(=O)OC(C)OC(=O)[c-]1cccc1.[Fe].[cH-]1[cH-][cH-][cH-][cH-]1. The molecule has 0 radical (unpaired) electrons. The summed E-state index contributed by atoms with van der Waals surface area (Å²) in [5.41, 5.74) is 0.689. The van der Waals surface area contributed by atoms with Crippen LogP contribution in [0.5, 0.6) is 0 Å². The monoisotopic (exact) mass is 342 g/mol. The Morgan fingerprint density at radius 1 is 1.05 bits per heavy atom. The quantitative estimate of drug-likeness (QED) is 0.281. The summed E-state index contributed by atoms with van der Waals surface area (Å²) in [7, 11) is 0. The fourth-order valence-corrected chi connectivity index (χ4v) is 1.32. The van der Waals surface area contributed by atoms with Gasteiger partial charge in [-0.3, -0.25) is 4.79 Å². The number of rotatable bonds is 4. The Balaban J connectivity index is 0.000000622. The maximum absolute atomic E-state index is 11.4. The third kappa shape index (κ3) is 7.62. The van der Waals surface area contributed by atoms with Crippen LogP contribution in [0.15, 0.2) is 66.7 Å². The van der Waals surface area contributed by atoms with Crippen molar-refractivity contribution in [2.24, 2.45) is 0 Å². The van der Waals surface area contributed by atoms with E-state index in [1.165, 1.54) is 13.8 Å². The zero-order valence-corrected chi connectivity index (χ0v) is 13.6. The Bertz CT molecular complexity index is 538. The third-order valence-electron chi connectivity index (χ3n) is 2.35. The van der Waals surface area contributed by atoms with E-state index >= 15 is 0 Å². The van der Waals surface area contributed by atoms with Crippen LogP contribution < -0.4 is 0 Å². The van der Waals surface area contributed by atoms with Crippen molar-refractivity contribution in [2.75, 3.05) is 0 Å². The molecule has 0 heterocycles. The summed E-state index contributed by atoms with van der Waals surface area (Å²) in [6.45, 7) is 6.42. The predicted molar refractivity (Wildman–Crippen MR) is 79.9 cm³/mol. The van der Waals surface area contributed by atoms with E-state index < -0.39 is 18.2 Å². The van der Waals surface area contributed by atoms with E-state index in [4.69, 9.17) is 9.47 Å². The molecule has 2 rings (SSSR count). The molecule has 0 aliphatic carbocycles. The van der Waals surface area contributed by atoms with Crippen molar-refractivity contribution in [2.45, 2.75) is 20.1 Å². The van der Waals surface area contributed by atoms with Gasteiger partial charge in [-0.2, -0.15) is 12.1 Å². The topological polar surface area (TPSA) is 52.6 Å². The van der Waals surface area contributed by atoms with Gasteiger partial charge in [0.25, 0.3) is 5.97 Å². The van der Waals surface area contributed by atoms with Crippen LogP contribution in [0, 0.1) is 0 Å². The molecule has 2 aromatic carbocycles. The molecular formula is C17H18FeO4-6. The molecule has 124 valence electrons. The molecule has 2 aromatic rings. The third-order valence-corrected chi connectivity index (χ3v) is 2.35. The van der Waals surface area contributed by atoms with Gasteiger partial charge in [0.2, 0.25) is 6.29 Å². The molecule has 0 spiro atoms. The largest absolute Gasteiger partial charge is 0.748 e. The molecular weight excluding hydrogens is 324 g/mol. The van der Waals surface area contributed by atoms with Crippen molar-refractivity contribution in [3.05, 3.63) is 72.3 Å². The summed E-state index contributed by atoms with van der Waals surface area (Å²) in [6.07, 6.45) is -0.924. The normalized spacial score (nSPS) is 10.3. The average molecular weight is 342 g/mol. The molecule has 0 saturated carbocycles. The Kier molecular flexibility index (Phi) is 9.59. The van der Waals surface area contributed by atoms with Crippen LogP contribution in [0.25, 0.3) is 0 Å². The molecule has 5 heteroatoms. The van der Waals surface area contributed by atoms with E-state index in [0.717, 1.165) is 0 Å². The van der Waals surface area contributed by atoms with Gasteiger partial charge >= 0.3 is 5.97 Å². The van der Waals surface area contributed by atoms with E-state index in [-0.39, 0.29) is 22.6 Å². The van der Waals surface area contributed by atoms with Crippen LogP contribution in [0.3, 0.4) is 0 Å². The first-order valence-corrected chi connectivity index (χ1v) is 6.46. The van der Waals surface area contributed by atoms with E-state index in [0.29, 0.717) is 5.56 Å². The minimum absolute atomic E-state index is 0. The number of hydrogen-bond acceptors (Lipinski definition) is 4. The second-order valence-electron chi connectivity index (χ2n) is 4.29. The molecule has 0 aromatic heterocycles. The second-order valence-corrected chi connectivity index (χ2v) is 4.29. The van der Waals surface area contributed by atoms with Crippen LogP contribution in [0.1, 0.15) is 24.2 Å². The molecule has 0 aliphatic heterocycles. The molecule has 0 bridgehead atoms. The molecule has 4 nitrogen and oxygen atoms in total. The van der Waals surface area contributed by atoms with E-state index in [9.17, 15) is 9.59 Å². The van der Waals surface area contributed by atoms with Crippen LogP contribution in [0.4, 0.5) is 0 Å². The van der Waals surface area contributed by atoms with Gasteiger partial charge in [-0.15, -0.1) is 0 Å². The summed E-state index contributed by atoms with van der Waals surface area (Å²) in [5, 5.41) is 0. The molecule has 0 aliphatic rings. The second kappa shape index (κ2) is 10.6. The molecule has 1 unspecified atom stereocenters. The smallest absolute Gasteiger partial charge is 0.336 e. The van der Waals surface area contributed by atoms with Crippen LogP contribution in [-0.4, -0.2) is 18.2 Å². The Morgan fingerprint density at radius 3 is 1.91 bits per heavy atom. The molecule has 1 atom stereocenters. The van der Waals surface area contributed by atoms with Crippen molar-refractivity contribution in [3.8, 4) is 0 Å². The fraction of sp³-hybridized carbons (Fsp3) is 0.176. The molecule has 0 amide bonds. The minimum atomic E-state index is -0.924. The van der Waals surface area contributed by atoms with Crippen LogP contribution >= 0.6 is 0 Å². The first-order chi connectivity index (χ1) is 10.0. The Labute approximate surface area is 140 Å². The van der Waals surface area contributed by atoms with Crippen molar-refractivity contribution in [3.63, 3.8) is 0 Å². The van der Waals surface area contributed by atoms with Crippen molar-refractivity contribution in [1.29, 1.82) is 0 Å². The number of ether oxygens (including phenoxy) is 2. The maximum atomic E-state index is 11.4. The van der Waals surface area contributed by atoms with Gasteiger partial charge in [0.15, 0.2) is 0 Å². The summed E-state index contributed by atoms with van der Waals surface area (Å²) in [4.78, 5) is 22.5. The summed E-state index contributed by atoms with van der Waals surface area (Å²) >= 11 is 0. The van der Waals surface area contributed by atoms with Crippen molar-refractivity contribution < 1.29 is 36.1 Å². The first-order valence-electron chi connectivity index (χ1n) is 6.46. The number of esters is 2. The zero-order chi connectivity index (χ0) is 15.7. The zero-order valence-electron chi connectivity index (χ0n) is 12.5. The predicted octanol–water partition coefficient (Wildman–Crippen LogP) is 3.43. The number of carbonyl (C=O) groups excluding carboxylic acids is 2. The van der Waals surface area contributed by atoms with Crippen molar-refractivity contribution >= 4 is 11.9 Å². The number of carbonyl (C=O) groups is 2. The van der Waals surface area contributed by atoms with Gasteiger partial charge in [0.05, 0.1) is 0 Å². The van der Waals surface area contributed by atoms with Crippen LogP contribution in [0.2, 0.25) is 0 Å².